The van der Waals surface area contributed by atoms with Crippen LogP contribution in [0.3, 0.4) is 0 Å². The average Bonchev–Trinajstić information content (AvgIpc) is 2.61. The van der Waals surface area contributed by atoms with E-state index < -0.39 is 11.7 Å². The molecule has 3 rings (SSSR count). The fourth-order valence-electron chi connectivity index (χ4n) is 3.14. The molecule has 0 bridgehead atoms. The quantitative estimate of drug-likeness (QED) is 0.908. The topological polar surface area (TPSA) is 90.3 Å². The van der Waals surface area contributed by atoms with Crippen molar-refractivity contribution in [3.05, 3.63) is 74.8 Å². The van der Waals surface area contributed by atoms with Gasteiger partial charge in [0.2, 0.25) is 5.88 Å². The summed E-state index contributed by atoms with van der Waals surface area (Å²) in [5.41, 5.74) is 7.35. The van der Waals surface area contributed by atoms with E-state index in [-0.39, 0.29) is 17.0 Å². The van der Waals surface area contributed by atoms with Crippen LogP contribution in [0.15, 0.2) is 46.6 Å². The maximum atomic E-state index is 13.3. The van der Waals surface area contributed by atoms with Crippen molar-refractivity contribution in [1.29, 1.82) is 5.26 Å². The van der Waals surface area contributed by atoms with Gasteiger partial charge < -0.3 is 19.8 Å². The number of nitrogens with two attached hydrogens (primary N) is 1. The van der Waals surface area contributed by atoms with Crippen molar-refractivity contribution in [2.75, 3.05) is 13.7 Å². The summed E-state index contributed by atoms with van der Waals surface area (Å²) in [6.45, 7) is 2.52. The number of fused-ring (bicyclic) bond motifs is 1. The zero-order chi connectivity index (χ0) is 18.8. The first-order valence-corrected chi connectivity index (χ1v) is 8.04. The summed E-state index contributed by atoms with van der Waals surface area (Å²) < 4.78 is 25.5. The molecule has 1 atom stereocenters. The van der Waals surface area contributed by atoms with Gasteiger partial charge in [-0.15, -0.1) is 0 Å². The molecule has 2 heterocycles. The molecule has 0 saturated carbocycles. The van der Waals surface area contributed by atoms with Crippen LogP contribution >= 0.6 is 0 Å². The van der Waals surface area contributed by atoms with Crippen molar-refractivity contribution in [3.63, 3.8) is 0 Å². The van der Waals surface area contributed by atoms with Crippen molar-refractivity contribution in [2.45, 2.75) is 19.4 Å². The van der Waals surface area contributed by atoms with Gasteiger partial charge in [0, 0.05) is 25.4 Å². The highest BCUT2D eigenvalue weighted by Gasteiger charge is 2.34. The van der Waals surface area contributed by atoms with Crippen LogP contribution in [-0.2, 0) is 11.3 Å². The van der Waals surface area contributed by atoms with Crippen molar-refractivity contribution < 1.29 is 13.9 Å². The van der Waals surface area contributed by atoms with Crippen molar-refractivity contribution >= 4 is 0 Å². The highest BCUT2D eigenvalue weighted by molar-refractivity contribution is 5.55. The molecule has 134 valence electrons. The molecule has 6 nitrogen and oxygen atoms in total. The molecule has 2 aromatic rings. The zero-order valence-electron chi connectivity index (χ0n) is 14.5. The van der Waals surface area contributed by atoms with Crippen LogP contribution < -0.4 is 16.0 Å². The summed E-state index contributed by atoms with van der Waals surface area (Å²) in [4.78, 5) is 13.1. The molecule has 2 N–H and O–H groups in total. The molecule has 26 heavy (non-hydrogen) atoms. The molecule has 1 aliphatic heterocycles. The Bertz CT molecular complexity index is 971. The Balaban J connectivity index is 2.25. The standard InChI is InChI=1S/C19H18FN3O3/c1-11-9-15-17(19(24)23(11)7-8-25-2)16(14(10-21)18(22)26-15)12-3-5-13(20)6-4-12/h3-6,9,16H,7-8,22H2,1-2H3. The summed E-state index contributed by atoms with van der Waals surface area (Å²) in [6, 6.07) is 9.39. The van der Waals surface area contributed by atoms with Crippen LogP contribution in [0.5, 0.6) is 5.75 Å². The van der Waals surface area contributed by atoms with E-state index in [1.165, 1.54) is 12.1 Å². The molecule has 7 heteroatoms. The number of hydrogen-bond acceptors (Lipinski definition) is 5. The van der Waals surface area contributed by atoms with E-state index in [2.05, 4.69) is 0 Å². The third-order valence-electron chi connectivity index (χ3n) is 4.41. The number of nitrogens with zero attached hydrogens (tertiary/aromatic N) is 2. The van der Waals surface area contributed by atoms with Gasteiger partial charge in [0.15, 0.2) is 0 Å². The maximum Gasteiger partial charge on any atom is 0.258 e. The normalized spacial score (nSPS) is 16.0. The van der Waals surface area contributed by atoms with Crippen LogP contribution in [0.1, 0.15) is 22.7 Å². The van der Waals surface area contributed by atoms with E-state index in [1.807, 2.05) is 6.07 Å². The Morgan fingerprint density at radius 1 is 1.38 bits per heavy atom. The van der Waals surface area contributed by atoms with Gasteiger partial charge in [-0.05, 0) is 24.6 Å². The van der Waals surface area contributed by atoms with Crippen LogP contribution in [0.4, 0.5) is 4.39 Å². The minimum absolute atomic E-state index is 0.0530. The zero-order valence-corrected chi connectivity index (χ0v) is 14.5. The Hall–Kier alpha value is -3.11. The number of nitriles is 1. The van der Waals surface area contributed by atoms with Gasteiger partial charge >= 0.3 is 0 Å². The fourth-order valence-corrected chi connectivity index (χ4v) is 3.14. The predicted molar refractivity (Wildman–Crippen MR) is 93.0 cm³/mol. The molecule has 1 aromatic carbocycles. The summed E-state index contributed by atoms with van der Waals surface area (Å²) in [5, 5.41) is 9.56. The molecule has 0 radical (unpaired) electrons. The number of ether oxygens (including phenoxy) is 2. The van der Waals surface area contributed by atoms with Gasteiger partial charge in [0.25, 0.3) is 5.56 Å². The van der Waals surface area contributed by atoms with E-state index in [0.717, 1.165) is 0 Å². The van der Waals surface area contributed by atoms with Crippen molar-refractivity contribution in [3.8, 4) is 11.8 Å². The number of halogens is 1. The molecule has 0 spiro atoms. The molecule has 1 unspecified atom stereocenters. The lowest BCUT2D eigenvalue weighted by Crippen LogP contribution is -2.33. The lowest BCUT2D eigenvalue weighted by molar-refractivity contribution is 0.185. The number of aryl methyl sites for hydroxylation is 1. The first-order valence-electron chi connectivity index (χ1n) is 8.04. The van der Waals surface area contributed by atoms with Crippen LogP contribution in [-0.4, -0.2) is 18.3 Å². The minimum Gasteiger partial charge on any atom is -0.440 e. The maximum absolute atomic E-state index is 13.3. The molecule has 1 aromatic heterocycles. The Labute approximate surface area is 149 Å². The van der Waals surface area contributed by atoms with Crippen LogP contribution in [0, 0.1) is 24.1 Å². The van der Waals surface area contributed by atoms with E-state index in [0.29, 0.717) is 35.7 Å². The summed E-state index contributed by atoms with van der Waals surface area (Å²) in [5.74, 6) is -0.862. The predicted octanol–water partition coefficient (Wildman–Crippen LogP) is 2.16. The van der Waals surface area contributed by atoms with Gasteiger partial charge in [-0.25, -0.2) is 4.39 Å². The number of aromatic nitrogens is 1. The second kappa shape index (κ2) is 7.02. The SMILES string of the molecule is COCCn1c(C)cc2c(c1=O)C(c1ccc(F)cc1)C(C#N)=C(N)O2. The van der Waals surface area contributed by atoms with Gasteiger partial charge in [-0.3, -0.25) is 4.79 Å². The number of pyridine rings is 1. The highest BCUT2D eigenvalue weighted by Crippen LogP contribution is 2.40. The molecular formula is C19H18FN3O3. The van der Waals surface area contributed by atoms with Gasteiger partial charge in [-0.1, -0.05) is 12.1 Å². The van der Waals surface area contributed by atoms with Crippen molar-refractivity contribution in [2.24, 2.45) is 5.73 Å². The molecule has 0 saturated heterocycles. The second-order valence-corrected chi connectivity index (χ2v) is 5.99. The Kier molecular flexibility index (Phi) is 4.78. The number of hydrogen-bond donors (Lipinski definition) is 1. The van der Waals surface area contributed by atoms with E-state index in [1.54, 1.807) is 36.8 Å². The van der Waals surface area contributed by atoms with Gasteiger partial charge in [0.05, 0.1) is 18.1 Å². The fraction of sp³-hybridized carbons (Fsp3) is 0.263. The Morgan fingerprint density at radius 2 is 2.08 bits per heavy atom. The molecule has 1 aliphatic rings. The number of rotatable bonds is 4. The van der Waals surface area contributed by atoms with E-state index in [4.69, 9.17) is 15.2 Å². The monoisotopic (exact) mass is 355 g/mol. The van der Waals surface area contributed by atoms with E-state index >= 15 is 0 Å². The lowest BCUT2D eigenvalue weighted by Gasteiger charge is -2.27. The summed E-state index contributed by atoms with van der Waals surface area (Å²) >= 11 is 0. The number of methoxy groups -OCH3 is 1. The average molecular weight is 355 g/mol. The highest BCUT2D eigenvalue weighted by atomic mass is 19.1. The molecule has 0 fully saturated rings. The van der Waals surface area contributed by atoms with E-state index in [9.17, 15) is 14.4 Å². The molecular weight excluding hydrogens is 337 g/mol. The smallest absolute Gasteiger partial charge is 0.258 e. The minimum atomic E-state index is -0.716. The Morgan fingerprint density at radius 3 is 2.69 bits per heavy atom. The number of benzene rings is 1. The largest absolute Gasteiger partial charge is 0.440 e. The summed E-state index contributed by atoms with van der Waals surface area (Å²) in [7, 11) is 1.56. The third-order valence-corrected chi connectivity index (χ3v) is 4.41. The first-order chi connectivity index (χ1) is 12.5. The second-order valence-electron chi connectivity index (χ2n) is 5.99. The van der Waals surface area contributed by atoms with Crippen LogP contribution in [0.25, 0.3) is 0 Å². The number of allylic oxidation sites excluding steroid dienone is 1. The molecule has 0 amide bonds. The van der Waals surface area contributed by atoms with Crippen molar-refractivity contribution in [1.82, 2.24) is 4.57 Å². The van der Waals surface area contributed by atoms with Gasteiger partial charge in [0.1, 0.15) is 23.2 Å². The lowest BCUT2D eigenvalue weighted by atomic mass is 9.84. The summed E-state index contributed by atoms with van der Waals surface area (Å²) in [6.07, 6.45) is 0. The first kappa shape index (κ1) is 17.7. The van der Waals surface area contributed by atoms with Gasteiger partial charge in [-0.2, -0.15) is 5.26 Å². The molecule has 0 aliphatic carbocycles. The van der Waals surface area contributed by atoms with Crippen LogP contribution in [0.2, 0.25) is 0 Å². The third kappa shape index (κ3) is 2.95.